The van der Waals surface area contributed by atoms with Crippen molar-refractivity contribution in [3.8, 4) is 0 Å². The summed E-state index contributed by atoms with van der Waals surface area (Å²) in [6.45, 7) is 1.28. The Hall–Kier alpha value is -1.88. The molecule has 1 fully saturated rings. The van der Waals surface area contributed by atoms with Crippen LogP contribution in [0.1, 0.15) is 30.7 Å². The summed E-state index contributed by atoms with van der Waals surface area (Å²) in [6.07, 6.45) is 3.36. The number of methoxy groups -OCH3 is 1. The molecule has 1 aromatic carbocycles. The highest BCUT2D eigenvalue weighted by Crippen LogP contribution is 2.47. The molecule has 2 aromatic rings. The number of aromatic nitrogens is 2. The van der Waals surface area contributed by atoms with Crippen LogP contribution in [0.15, 0.2) is 34.9 Å². The number of hydrogen-bond acceptors (Lipinski definition) is 5. The first kappa shape index (κ1) is 13.1. The lowest BCUT2D eigenvalue weighted by Crippen LogP contribution is -2.36. The van der Waals surface area contributed by atoms with Gasteiger partial charge in [-0.15, -0.1) is 0 Å². The summed E-state index contributed by atoms with van der Waals surface area (Å²) >= 11 is 0. The molecular formula is C15H19N3O2. The van der Waals surface area contributed by atoms with E-state index in [1.165, 1.54) is 12.0 Å². The fourth-order valence-electron chi connectivity index (χ4n) is 2.68. The number of hydrogen-bond donors (Lipinski definition) is 1. The van der Waals surface area contributed by atoms with Crippen LogP contribution < -0.4 is 5.32 Å². The van der Waals surface area contributed by atoms with Crippen LogP contribution >= 0.6 is 0 Å². The van der Waals surface area contributed by atoms with Crippen molar-refractivity contribution in [2.75, 3.05) is 25.6 Å². The van der Waals surface area contributed by atoms with Crippen molar-refractivity contribution >= 4 is 6.01 Å². The zero-order valence-electron chi connectivity index (χ0n) is 11.6. The quantitative estimate of drug-likeness (QED) is 0.820. The number of rotatable bonds is 6. The lowest BCUT2D eigenvalue weighted by molar-refractivity contribution is 0.210. The first-order chi connectivity index (χ1) is 9.85. The molecule has 5 heteroatoms. The second-order valence-electron chi connectivity index (χ2n) is 5.14. The van der Waals surface area contributed by atoms with Gasteiger partial charge in [-0.3, -0.25) is 0 Å². The van der Waals surface area contributed by atoms with Gasteiger partial charge in [0.15, 0.2) is 5.82 Å². The summed E-state index contributed by atoms with van der Waals surface area (Å²) in [5.74, 6) is 0.787. The van der Waals surface area contributed by atoms with E-state index in [2.05, 4.69) is 39.7 Å². The predicted octanol–water partition coefficient (Wildman–Crippen LogP) is 2.60. The number of nitrogens with zero attached hydrogens (tertiary/aromatic N) is 2. The molecule has 0 amide bonds. The van der Waals surface area contributed by atoms with Gasteiger partial charge >= 0.3 is 6.01 Å². The molecule has 0 radical (unpaired) electrons. The van der Waals surface area contributed by atoms with Crippen LogP contribution in [0.4, 0.5) is 6.01 Å². The lowest BCUT2D eigenvalue weighted by atomic mass is 9.64. The number of nitrogens with one attached hydrogen (secondary N) is 1. The van der Waals surface area contributed by atoms with E-state index < -0.39 is 0 Å². The van der Waals surface area contributed by atoms with Crippen molar-refractivity contribution in [2.45, 2.75) is 24.7 Å². The van der Waals surface area contributed by atoms with E-state index in [-0.39, 0.29) is 5.41 Å². The number of ether oxygens (including phenoxy) is 1. The minimum atomic E-state index is -0.0635. The SMILES string of the molecule is COCCNc1nc(C2(c3ccccc3)CCC2)no1. The third-order valence-electron chi connectivity index (χ3n) is 3.97. The molecule has 5 nitrogen and oxygen atoms in total. The molecule has 1 N–H and O–H groups in total. The summed E-state index contributed by atoms with van der Waals surface area (Å²) in [5, 5.41) is 7.25. The Balaban J connectivity index is 1.80. The van der Waals surface area contributed by atoms with Gasteiger partial charge in [0.2, 0.25) is 0 Å². The Bertz CT molecular complexity index is 549. The standard InChI is InChI=1S/C15H19N3O2/c1-19-11-10-16-14-17-13(18-20-14)15(8-5-9-15)12-6-3-2-4-7-12/h2-4,6-7H,5,8-11H2,1H3,(H,16,17,18). The highest BCUT2D eigenvalue weighted by atomic mass is 16.5. The molecule has 3 rings (SSSR count). The van der Waals surface area contributed by atoms with Crippen LogP contribution in [-0.4, -0.2) is 30.4 Å². The molecule has 1 aromatic heterocycles. The zero-order valence-corrected chi connectivity index (χ0v) is 11.6. The molecule has 1 aliphatic carbocycles. The molecule has 0 saturated heterocycles. The molecule has 0 bridgehead atoms. The van der Waals surface area contributed by atoms with Crippen molar-refractivity contribution in [1.82, 2.24) is 10.1 Å². The molecule has 0 atom stereocenters. The van der Waals surface area contributed by atoms with E-state index in [0.717, 1.165) is 18.7 Å². The number of anilines is 1. The molecule has 0 aliphatic heterocycles. The van der Waals surface area contributed by atoms with Crippen molar-refractivity contribution in [3.05, 3.63) is 41.7 Å². The topological polar surface area (TPSA) is 60.2 Å². The molecular weight excluding hydrogens is 254 g/mol. The second-order valence-corrected chi connectivity index (χ2v) is 5.14. The second kappa shape index (κ2) is 5.63. The van der Waals surface area contributed by atoms with E-state index in [1.807, 2.05) is 6.07 Å². The Morgan fingerprint density at radius 2 is 2.10 bits per heavy atom. The molecule has 1 heterocycles. The third-order valence-corrected chi connectivity index (χ3v) is 3.97. The summed E-state index contributed by atoms with van der Waals surface area (Å²) in [4.78, 5) is 4.51. The molecule has 1 saturated carbocycles. The smallest absolute Gasteiger partial charge is 0.321 e. The number of benzene rings is 1. The van der Waals surface area contributed by atoms with E-state index in [1.54, 1.807) is 7.11 Å². The zero-order chi connectivity index (χ0) is 13.8. The summed E-state index contributed by atoms with van der Waals surface area (Å²) in [5.41, 5.74) is 1.21. The van der Waals surface area contributed by atoms with Crippen molar-refractivity contribution in [3.63, 3.8) is 0 Å². The average Bonchev–Trinajstić information content (AvgIpc) is 2.88. The highest BCUT2D eigenvalue weighted by molar-refractivity contribution is 5.36. The molecule has 0 spiro atoms. The van der Waals surface area contributed by atoms with Crippen LogP contribution in [-0.2, 0) is 10.2 Å². The maximum atomic E-state index is 5.29. The maximum Gasteiger partial charge on any atom is 0.321 e. The normalized spacial score (nSPS) is 16.6. The Labute approximate surface area is 118 Å². The van der Waals surface area contributed by atoms with Crippen LogP contribution in [0.3, 0.4) is 0 Å². The summed E-state index contributed by atoms with van der Waals surface area (Å²) < 4.78 is 10.3. The minimum Gasteiger partial charge on any atom is -0.383 e. The van der Waals surface area contributed by atoms with E-state index in [0.29, 0.717) is 19.2 Å². The van der Waals surface area contributed by atoms with Gasteiger partial charge in [-0.2, -0.15) is 4.98 Å². The van der Waals surface area contributed by atoms with Gasteiger partial charge in [0, 0.05) is 13.7 Å². The van der Waals surface area contributed by atoms with Crippen molar-refractivity contribution in [2.24, 2.45) is 0 Å². The Morgan fingerprint density at radius 3 is 2.75 bits per heavy atom. The fourth-order valence-corrected chi connectivity index (χ4v) is 2.68. The van der Waals surface area contributed by atoms with Crippen LogP contribution in [0.2, 0.25) is 0 Å². The van der Waals surface area contributed by atoms with Gasteiger partial charge < -0.3 is 14.6 Å². The first-order valence-corrected chi connectivity index (χ1v) is 6.98. The molecule has 106 valence electrons. The van der Waals surface area contributed by atoms with E-state index >= 15 is 0 Å². The first-order valence-electron chi connectivity index (χ1n) is 6.98. The molecule has 20 heavy (non-hydrogen) atoms. The monoisotopic (exact) mass is 273 g/mol. The molecule has 1 aliphatic rings. The van der Waals surface area contributed by atoms with Gasteiger partial charge in [-0.05, 0) is 18.4 Å². The Morgan fingerprint density at radius 1 is 1.30 bits per heavy atom. The van der Waals surface area contributed by atoms with Gasteiger partial charge in [0.1, 0.15) is 0 Å². The van der Waals surface area contributed by atoms with Crippen molar-refractivity contribution in [1.29, 1.82) is 0 Å². The lowest BCUT2D eigenvalue weighted by Gasteiger charge is -2.39. The van der Waals surface area contributed by atoms with E-state index in [9.17, 15) is 0 Å². The van der Waals surface area contributed by atoms with Crippen LogP contribution in [0, 0.1) is 0 Å². The van der Waals surface area contributed by atoms with Crippen molar-refractivity contribution < 1.29 is 9.26 Å². The van der Waals surface area contributed by atoms with Crippen LogP contribution in [0.25, 0.3) is 0 Å². The van der Waals surface area contributed by atoms with E-state index in [4.69, 9.17) is 9.26 Å². The predicted molar refractivity (Wildman–Crippen MR) is 75.7 cm³/mol. The summed E-state index contributed by atoms with van der Waals surface area (Å²) in [7, 11) is 1.67. The third kappa shape index (κ3) is 2.29. The largest absolute Gasteiger partial charge is 0.383 e. The fraction of sp³-hybridized carbons (Fsp3) is 0.467. The van der Waals surface area contributed by atoms with Gasteiger partial charge in [0.05, 0.1) is 12.0 Å². The minimum absolute atomic E-state index is 0.0635. The van der Waals surface area contributed by atoms with Gasteiger partial charge in [-0.25, -0.2) is 0 Å². The maximum absolute atomic E-state index is 5.29. The Kier molecular flexibility index (Phi) is 3.69. The van der Waals surface area contributed by atoms with Gasteiger partial charge in [-0.1, -0.05) is 41.9 Å². The van der Waals surface area contributed by atoms with Gasteiger partial charge in [0.25, 0.3) is 0 Å². The average molecular weight is 273 g/mol. The molecule has 0 unspecified atom stereocenters. The van der Waals surface area contributed by atoms with Crippen LogP contribution in [0.5, 0.6) is 0 Å². The summed E-state index contributed by atoms with van der Waals surface area (Å²) in [6, 6.07) is 10.9. The highest BCUT2D eigenvalue weighted by Gasteiger charge is 2.44.